The van der Waals surface area contributed by atoms with Crippen LogP contribution in [0.15, 0.2) is 28.9 Å². The second kappa shape index (κ2) is 5.72. The molecule has 2 rings (SSSR count). The van der Waals surface area contributed by atoms with Crippen molar-refractivity contribution in [3.63, 3.8) is 0 Å². The van der Waals surface area contributed by atoms with E-state index in [1.807, 2.05) is 39.0 Å². The highest BCUT2D eigenvalue weighted by atomic mass is 79.9. The van der Waals surface area contributed by atoms with Gasteiger partial charge in [-0.2, -0.15) is 0 Å². The average Bonchev–Trinajstić information content (AvgIpc) is 2.37. The highest BCUT2D eigenvalue weighted by molar-refractivity contribution is 9.10. The number of pyridine rings is 1. The summed E-state index contributed by atoms with van der Waals surface area (Å²) in [6.45, 7) is 6.59. The van der Waals surface area contributed by atoms with Crippen molar-refractivity contribution in [2.45, 2.75) is 27.3 Å². The number of nitrogens with zero attached hydrogens (tertiary/aromatic N) is 1. The maximum absolute atomic E-state index is 5.90. The number of benzene rings is 1. The Labute approximate surface area is 121 Å². The molecule has 1 heterocycles. The van der Waals surface area contributed by atoms with E-state index in [-0.39, 0.29) is 0 Å². The lowest BCUT2D eigenvalue weighted by molar-refractivity contribution is 0.455. The summed E-state index contributed by atoms with van der Waals surface area (Å²) in [7, 11) is 0. The average molecular weight is 321 g/mol. The molecule has 0 saturated heterocycles. The van der Waals surface area contributed by atoms with E-state index in [4.69, 9.17) is 10.5 Å². The molecular weight excluding hydrogens is 304 g/mol. The molecule has 19 heavy (non-hydrogen) atoms. The van der Waals surface area contributed by atoms with Gasteiger partial charge < -0.3 is 10.5 Å². The molecule has 1 aromatic heterocycles. The van der Waals surface area contributed by atoms with Crippen molar-refractivity contribution in [1.82, 2.24) is 4.98 Å². The maximum atomic E-state index is 5.90. The predicted octanol–water partition coefficient (Wildman–Crippen LogP) is 4.02. The fourth-order valence-corrected chi connectivity index (χ4v) is 2.21. The van der Waals surface area contributed by atoms with E-state index in [9.17, 15) is 0 Å². The van der Waals surface area contributed by atoms with Crippen molar-refractivity contribution < 1.29 is 4.74 Å². The van der Waals surface area contributed by atoms with E-state index in [1.54, 1.807) is 6.20 Å². The molecule has 0 bridgehead atoms. The van der Waals surface area contributed by atoms with Gasteiger partial charge in [0.2, 0.25) is 5.88 Å². The zero-order chi connectivity index (χ0) is 14.0. The molecule has 0 spiro atoms. The van der Waals surface area contributed by atoms with E-state index >= 15 is 0 Å². The molecule has 0 saturated carbocycles. The number of ether oxygens (including phenoxy) is 1. The molecule has 0 aliphatic carbocycles. The van der Waals surface area contributed by atoms with Crippen molar-refractivity contribution in [3.8, 4) is 11.6 Å². The number of aryl methyl sites for hydroxylation is 3. The van der Waals surface area contributed by atoms with Crippen LogP contribution < -0.4 is 10.5 Å². The van der Waals surface area contributed by atoms with Crippen molar-refractivity contribution in [3.05, 3.63) is 51.1 Å². The Hall–Kier alpha value is -1.39. The number of rotatable bonds is 3. The fraction of sp³-hybridized carbons (Fsp3) is 0.267. The van der Waals surface area contributed by atoms with Gasteiger partial charge in [-0.25, -0.2) is 4.98 Å². The van der Waals surface area contributed by atoms with Crippen LogP contribution in [-0.4, -0.2) is 4.98 Å². The monoisotopic (exact) mass is 320 g/mol. The van der Waals surface area contributed by atoms with Gasteiger partial charge in [0.05, 0.1) is 0 Å². The summed E-state index contributed by atoms with van der Waals surface area (Å²) in [4.78, 5) is 4.27. The molecule has 0 atom stereocenters. The lowest BCUT2D eigenvalue weighted by Gasteiger charge is -2.13. The van der Waals surface area contributed by atoms with E-state index < -0.39 is 0 Å². The van der Waals surface area contributed by atoms with Gasteiger partial charge in [0.15, 0.2) is 0 Å². The van der Waals surface area contributed by atoms with Crippen LogP contribution in [0.3, 0.4) is 0 Å². The third-order valence-electron chi connectivity index (χ3n) is 2.98. The van der Waals surface area contributed by atoms with Crippen LogP contribution >= 0.6 is 15.9 Å². The Morgan fingerprint density at radius 3 is 2.26 bits per heavy atom. The second-order valence-electron chi connectivity index (χ2n) is 4.64. The number of hydrogen-bond donors (Lipinski definition) is 1. The summed E-state index contributed by atoms with van der Waals surface area (Å²) >= 11 is 3.43. The number of nitrogens with two attached hydrogens (primary N) is 1. The molecule has 2 aromatic rings. The Morgan fingerprint density at radius 2 is 1.74 bits per heavy atom. The summed E-state index contributed by atoms with van der Waals surface area (Å²) in [5.74, 6) is 1.46. The van der Waals surface area contributed by atoms with Gasteiger partial charge >= 0.3 is 0 Å². The Bertz CT molecular complexity index is 588. The lowest BCUT2D eigenvalue weighted by atomic mass is 10.1. The van der Waals surface area contributed by atoms with Crippen LogP contribution in [0.2, 0.25) is 0 Å². The molecule has 0 amide bonds. The van der Waals surface area contributed by atoms with Gasteiger partial charge in [-0.05, 0) is 59.0 Å². The van der Waals surface area contributed by atoms with Crippen molar-refractivity contribution in [2.75, 3.05) is 0 Å². The molecule has 0 aliphatic heterocycles. The molecule has 1 aromatic carbocycles. The zero-order valence-corrected chi connectivity index (χ0v) is 12.9. The molecule has 3 nitrogen and oxygen atoms in total. The summed E-state index contributed by atoms with van der Waals surface area (Å²) < 4.78 is 6.88. The van der Waals surface area contributed by atoms with Gasteiger partial charge in [-0.3, -0.25) is 0 Å². The largest absolute Gasteiger partial charge is 0.438 e. The highest BCUT2D eigenvalue weighted by Gasteiger charge is 2.09. The first-order valence-corrected chi connectivity index (χ1v) is 6.90. The first kappa shape index (κ1) is 14.0. The van der Waals surface area contributed by atoms with Gasteiger partial charge in [0, 0.05) is 23.3 Å². The van der Waals surface area contributed by atoms with Gasteiger partial charge in [0.1, 0.15) is 5.75 Å². The van der Waals surface area contributed by atoms with Crippen molar-refractivity contribution in [1.29, 1.82) is 0 Å². The first-order valence-electron chi connectivity index (χ1n) is 6.11. The van der Waals surface area contributed by atoms with Crippen molar-refractivity contribution >= 4 is 15.9 Å². The van der Waals surface area contributed by atoms with Crippen LogP contribution in [0.25, 0.3) is 0 Å². The van der Waals surface area contributed by atoms with Crippen LogP contribution in [0, 0.1) is 20.8 Å². The molecular formula is C15H17BrN2O. The zero-order valence-electron chi connectivity index (χ0n) is 11.3. The predicted molar refractivity (Wildman–Crippen MR) is 80.6 cm³/mol. The Balaban J connectivity index is 2.35. The number of hydrogen-bond acceptors (Lipinski definition) is 3. The SMILES string of the molecule is Cc1cc(Oc2c(C)cc(CN)cc2C)ncc1Br. The lowest BCUT2D eigenvalue weighted by Crippen LogP contribution is -2.00. The topological polar surface area (TPSA) is 48.1 Å². The van der Waals surface area contributed by atoms with Gasteiger partial charge in [0.25, 0.3) is 0 Å². The highest BCUT2D eigenvalue weighted by Crippen LogP contribution is 2.30. The molecule has 2 N–H and O–H groups in total. The third-order valence-corrected chi connectivity index (χ3v) is 3.81. The standard InChI is InChI=1S/C15H17BrN2O/c1-9-6-14(18-8-13(9)16)19-15-10(2)4-12(7-17)5-11(15)3/h4-6,8H,7,17H2,1-3H3. The van der Waals surface area contributed by atoms with Gasteiger partial charge in [-0.1, -0.05) is 12.1 Å². The van der Waals surface area contributed by atoms with E-state index in [2.05, 4.69) is 20.9 Å². The number of halogens is 1. The van der Waals surface area contributed by atoms with Crippen LogP contribution in [0.1, 0.15) is 22.3 Å². The molecule has 0 radical (unpaired) electrons. The van der Waals surface area contributed by atoms with E-state index in [0.29, 0.717) is 12.4 Å². The molecule has 0 unspecified atom stereocenters. The van der Waals surface area contributed by atoms with Crippen LogP contribution in [0.4, 0.5) is 0 Å². The minimum absolute atomic E-state index is 0.539. The van der Waals surface area contributed by atoms with Crippen molar-refractivity contribution in [2.24, 2.45) is 5.73 Å². The fourth-order valence-electron chi connectivity index (χ4n) is 1.99. The molecule has 0 aliphatic rings. The normalized spacial score (nSPS) is 10.6. The van der Waals surface area contributed by atoms with Crippen LogP contribution in [-0.2, 0) is 6.54 Å². The second-order valence-corrected chi connectivity index (χ2v) is 5.49. The quantitative estimate of drug-likeness (QED) is 0.929. The van der Waals surface area contributed by atoms with Gasteiger partial charge in [-0.15, -0.1) is 0 Å². The summed E-state index contributed by atoms with van der Waals surface area (Å²) in [5, 5.41) is 0. The van der Waals surface area contributed by atoms with E-state index in [1.165, 1.54) is 0 Å². The summed E-state index contributed by atoms with van der Waals surface area (Å²) in [5.41, 5.74) is 10.0. The Kier molecular flexibility index (Phi) is 4.22. The minimum Gasteiger partial charge on any atom is -0.438 e. The number of aromatic nitrogens is 1. The Morgan fingerprint density at radius 1 is 1.11 bits per heavy atom. The minimum atomic E-state index is 0.539. The van der Waals surface area contributed by atoms with E-state index in [0.717, 1.165) is 32.5 Å². The first-order chi connectivity index (χ1) is 9.01. The molecule has 4 heteroatoms. The summed E-state index contributed by atoms with van der Waals surface area (Å²) in [6, 6.07) is 6.02. The molecule has 100 valence electrons. The maximum Gasteiger partial charge on any atom is 0.219 e. The smallest absolute Gasteiger partial charge is 0.219 e. The third kappa shape index (κ3) is 3.14. The summed E-state index contributed by atoms with van der Waals surface area (Å²) in [6.07, 6.45) is 1.75. The molecule has 0 fully saturated rings. The van der Waals surface area contributed by atoms with Crippen LogP contribution in [0.5, 0.6) is 11.6 Å².